The molecular weight excluding hydrogens is 524 g/mol. The molecule has 1 unspecified atom stereocenters. The fourth-order valence-electron chi connectivity index (χ4n) is 5.91. The molecule has 2 fully saturated rings. The first kappa shape index (κ1) is 23.7. The van der Waals surface area contributed by atoms with Crippen molar-refractivity contribution in [2.45, 2.75) is 24.4 Å². The van der Waals surface area contributed by atoms with Crippen LogP contribution in [0.3, 0.4) is 0 Å². The number of halogens is 4. The van der Waals surface area contributed by atoms with Crippen molar-refractivity contribution in [3.8, 4) is 0 Å². The average Bonchev–Trinajstić information content (AvgIpc) is 3.40. The molecule has 2 aromatic carbocycles. The van der Waals surface area contributed by atoms with E-state index in [-0.39, 0.29) is 10.0 Å². The summed E-state index contributed by atoms with van der Waals surface area (Å²) >= 11 is 24.9. The number of carbonyl (C=O) groups is 3. The Kier molecular flexibility index (Phi) is 5.77. The maximum atomic E-state index is 13.9. The van der Waals surface area contributed by atoms with E-state index in [1.807, 2.05) is 4.90 Å². The maximum Gasteiger partial charge on any atom is 0.310 e. The molecule has 1 spiro atoms. The number of anilines is 2. The van der Waals surface area contributed by atoms with Crippen LogP contribution < -0.4 is 10.2 Å². The lowest BCUT2D eigenvalue weighted by atomic mass is 9.73. The van der Waals surface area contributed by atoms with Gasteiger partial charge in [-0.05, 0) is 49.7 Å². The molecule has 2 saturated heterocycles. The van der Waals surface area contributed by atoms with Crippen molar-refractivity contribution in [1.29, 1.82) is 0 Å². The fraction of sp³-hybridized carbons (Fsp3) is 0.348. The van der Waals surface area contributed by atoms with Gasteiger partial charge in [0.2, 0.25) is 5.91 Å². The van der Waals surface area contributed by atoms with Crippen molar-refractivity contribution in [3.63, 3.8) is 0 Å². The summed E-state index contributed by atoms with van der Waals surface area (Å²) in [5.74, 6) is -4.57. The number of hydrogen-bond acceptors (Lipinski definition) is 4. The quantitative estimate of drug-likeness (QED) is 0.575. The minimum Gasteiger partial charge on any atom is -0.481 e. The van der Waals surface area contributed by atoms with Crippen molar-refractivity contribution in [2.75, 3.05) is 23.8 Å². The molecule has 5 rings (SSSR count). The molecule has 0 aliphatic carbocycles. The van der Waals surface area contributed by atoms with E-state index in [0.29, 0.717) is 46.4 Å². The van der Waals surface area contributed by atoms with Crippen LogP contribution in [0.1, 0.15) is 18.4 Å². The van der Waals surface area contributed by atoms with Gasteiger partial charge in [-0.1, -0.05) is 46.4 Å². The smallest absolute Gasteiger partial charge is 0.310 e. The minimum absolute atomic E-state index is 0.216. The van der Waals surface area contributed by atoms with Crippen LogP contribution in [0.4, 0.5) is 11.4 Å². The summed E-state index contributed by atoms with van der Waals surface area (Å²) in [5.41, 5.74) is -0.460. The molecule has 7 nitrogen and oxygen atoms in total. The fourth-order valence-corrected chi connectivity index (χ4v) is 6.97. The zero-order valence-electron chi connectivity index (χ0n) is 17.8. The standard InChI is InChI=1S/C23H19Cl4N3O4/c1-29(13-6-10(24)5-11(25)7-13)20(31)17-16-3-2-4-30(16)23(18(17)21(32)33)14-8-12(26)9-15(27)19(14)28-22(23)34/h5-9,16-18H,2-4H2,1H3,(H,28,34)(H,32,33)/t16-,17+,18?,23+/m1/s1. The Bertz CT molecular complexity index is 1230. The van der Waals surface area contributed by atoms with E-state index >= 15 is 0 Å². The van der Waals surface area contributed by atoms with E-state index in [2.05, 4.69) is 5.32 Å². The molecular formula is C23H19Cl4N3O4. The molecule has 0 saturated carbocycles. The highest BCUT2D eigenvalue weighted by Gasteiger charge is 2.71. The Balaban J connectivity index is 1.67. The first-order valence-electron chi connectivity index (χ1n) is 10.6. The van der Waals surface area contributed by atoms with E-state index in [9.17, 15) is 19.5 Å². The van der Waals surface area contributed by atoms with Crippen LogP contribution in [-0.2, 0) is 19.9 Å². The van der Waals surface area contributed by atoms with Crippen molar-refractivity contribution < 1.29 is 19.5 Å². The Morgan fingerprint density at radius 1 is 1.09 bits per heavy atom. The predicted molar refractivity (Wildman–Crippen MR) is 131 cm³/mol. The summed E-state index contributed by atoms with van der Waals surface area (Å²) < 4.78 is 0. The van der Waals surface area contributed by atoms with Gasteiger partial charge in [-0.2, -0.15) is 0 Å². The lowest BCUT2D eigenvalue weighted by molar-refractivity contribution is -0.152. The van der Waals surface area contributed by atoms with Gasteiger partial charge < -0.3 is 15.3 Å². The Morgan fingerprint density at radius 3 is 2.38 bits per heavy atom. The third-order valence-electron chi connectivity index (χ3n) is 7.14. The lowest BCUT2D eigenvalue weighted by Crippen LogP contribution is -2.53. The number of nitrogens with one attached hydrogen (secondary N) is 1. The Hall–Kier alpha value is -2.03. The average molecular weight is 543 g/mol. The van der Waals surface area contributed by atoms with E-state index < -0.39 is 41.2 Å². The molecule has 2 N–H and O–H groups in total. The van der Waals surface area contributed by atoms with Crippen LogP contribution in [0.15, 0.2) is 30.3 Å². The monoisotopic (exact) mass is 541 g/mol. The summed E-state index contributed by atoms with van der Waals surface area (Å²) in [5, 5.41) is 14.4. The van der Waals surface area contributed by atoms with Gasteiger partial charge in [0.25, 0.3) is 5.91 Å². The number of carboxylic acid groups (broad SMARTS) is 1. The summed E-state index contributed by atoms with van der Waals surface area (Å²) in [6.45, 7) is 0.460. The van der Waals surface area contributed by atoms with Crippen molar-refractivity contribution >= 4 is 75.6 Å². The molecule has 3 heterocycles. The molecule has 34 heavy (non-hydrogen) atoms. The van der Waals surface area contributed by atoms with Gasteiger partial charge in [0.1, 0.15) is 11.5 Å². The van der Waals surface area contributed by atoms with E-state index in [0.717, 1.165) is 0 Å². The molecule has 0 aromatic heterocycles. The number of fused-ring (bicyclic) bond motifs is 4. The number of carboxylic acids is 1. The van der Waals surface area contributed by atoms with Crippen LogP contribution in [0.5, 0.6) is 0 Å². The second kappa shape index (κ2) is 8.28. The number of amides is 2. The minimum atomic E-state index is -1.61. The van der Waals surface area contributed by atoms with E-state index in [1.54, 1.807) is 31.3 Å². The molecule has 178 valence electrons. The van der Waals surface area contributed by atoms with Crippen molar-refractivity contribution in [2.24, 2.45) is 11.8 Å². The highest BCUT2D eigenvalue weighted by atomic mass is 35.5. The van der Waals surface area contributed by atoms with Crippen LogP contribution >= 0.6 is 46.4 Å². The zero-order chi connectivity index (χ0) is 24.5. The lowest BCUT2D eigenvalue weighted by Gasteiger charge is -2.35. The largest absolute Gasteiger partial charge is 0.481 e. The maximum absolute atomic E-state index is 13.9. The molecule has 2 aromatic rings. The van der Waals surface area contributed by atoms with Crippen LogP contribution in [0, 0.1) is 11.8 Å². The summed E-state index contributed by atoms with van der Waals surface area (Å²) in [6.07, 6.45) is 1.29. The summed E-state index contributed by atoms with van der Waals surface area (Å²) in [6, 6.07) is 7.30. The predicted octanol–water partition coefficient (Wildman–Crippen LogP) is 4.91. The van der Waals surface area contributed by atoms with Crippen LogP contribution in [-0.4, -0.2) is 47.4 Å². The van der Waals surface area contributed by atoms with Crippen molar-refractivity contribution in [1.82, 2.24) is 4.90 Å². The highest BCUT2D eigenvalue weighted by molar-refractivity contribution is 6.38. The Morgan fingerprint density at radius 2 is 1.74 bits per heavy atom. The molecule has 3 aliphatic rings. The Labute approximate surface area is 215 Å². The zero-order valence-corrected chi connectivity index (χ0v) is 20.8. The third-order valence-corrected chi connectivity index (χ3v) is 8.10. The number of benzene rings is 2. The first-order chi connectivity index (χ1) is 16.1. The van der Waals surface area contributed by atoms with E-state index in [1.165, 1.54) is 11.0 Å². The molecule has 0 radical (unpaired) electrons. The normalized spacial score (nSPS) is 27.6. The van der Waals surface area contributed by atoms with Crippen molar-refractivity contribution in [3.05, 3.63) is 56.0 Å². The SMILES string of the molecule is CN(C(=O)[C@@H]1C(C(=O)O)[C@@]2(C(=O)Nc3c(Cl)cc(Cl)cc32)N2CCC[C@H]12)c1cc(Cl)cc(Cl)c1. The number of hydrogen-bond donors (Lipinski definition) is 2. The molecule has 4 atom stereocenters. The van der Waals surface area contributed by atoms with Gasteiger partial charge >= 0.3 is 5.97 Å². The molecule has 3 aliphatic heterocycles. The second-order valence-corrected chi connectivity index (χ2v) is 10.5. The second-order valence-electron chi connectivity index (χ2n) is 8.80. The van der Waals surface area contributed by atoms with Gasteiger partial charge in [-0.15, -0.1) is 0 Å². The summed E-state index contributed by atoms with van der Waals surface area (Å²) in [4.78, 5) is 43.5. The number of nitrogens with zero attached hydrogens (tertiary/aromatic N) is 2. The van der Waals surface area contributed by atoms with E-state index in [4.69, 9.17) is 46.4 Å². The molecule has 11 heteroatoms. The number of aliphatic carboxylic acids is 1. The highest BCUT2D eigenvalue weighted by Crippen LogP contribution is 2.59. The first-order valence-corrected chi connectivity index (χ1v) is 12.1. The van der Waals surface area contributed by atoms with Gasteiger partial charge in [-0.3, -0.25) is 19.3 Å². The number of carbonyl (C=O) groups excluding carboxylic acids is 2. The van der Waals surface area contributed by atoms with Gasteiger partial charge in [0.05, 0.1) is 16.6 Å². The topological polar surface area (TPSA) is 90.0 Å². The summed E-state index contributed by atoms with van der Waals surface area (Å²) in [7, 11) is 1.55. The van der Waals surface area contributed by atoms with Crippen LogP contribution in [0.2, 0.25) is 20.1 Å². The number of rotatable bonds is 3. The van der Waals surface area contributed by atoms with Gasteiger partial charge in [-0.25, -0.2) is 0 Å². The molecule has 2 amide bonds. The van der Waals surface area contributed by atoms with Gasteiger partial charge in [0, 0.05) is 39.4 Å². The third kappa shape index (κ3) is 3.25. The van der Waals surface area contributed by atoms with Crippen LogP contribution in [0.25, 0.3) is 0 Å². The van der Waals surface area contributed by atoms with Gasteiger partial charge in [0.15, 0.2) is 0 Å². The molecule has 0 bridgehead atoms.